The molecule has 3 fully saturated rings. The number of pyridine rings is 1. The molecule has 1 atom stereocenters. The van der Waals surface area contributed by atoms with E-state index in [-0.39, 0.29) is 18.4 Å². The van der Waals surface area contributed by atoms with Crippen molar-refractivity contribution < 1.29 is 18.0 Å². The number of aromatic nitrogens is 1. The Bertz CT molecular complexity index is 1150. The van der Waals surface area contributed by atoms with Crippen LogP contribution in [0.2, 0.25) is 0 Å². The van der Waals surface area contributed by atoms with Crippen LogP contribution < -0.4 is 5.32 Å². The van der Waals surface area contributed by atoms with Gasteiger partial charge in [-0.3, -0.25) is 4.79 Å². The van der Waals surface area contributed by atoms with Crippen molar-refractivity contribution in [2.24, 2.45) is 5.92 Å². The number of fused-ring (bicyclic) bond motifs is 4. The molecule has 0 radical (unpaired) electrons. The van der Waals surface area contributed by atoms with Gasteiger partial charge in [0.2, 0.25) is 5.91 Å². The lowest BCUT2D eigenvalue weighted by Gasteiger charge is -2.44. The quantitative estimate of drug-likeness (QED) is 0.643. The standard InChI is InChI=1S/C25H24F3N3O/c26-25(27,28)20-6-2-4-18(13-20)21-8-7-17-3-1-5-19(24(17)30-21)14-23(32)29-22-15-31-11-9-16(22)10-12-31/h1-8,13,16,22H,9-12,14-15H2,(H,29,32). The van der Waals surface area contributed by atoms with Crippen LogP contribution in [0.25, 0.3) is 22.2 Å². The van der Waals surface area contributed by atoms with Gasteiger partial charge in [-0.25, -0.2) is 4.98 Å². The molecule has 3 aliphatic heterocycles. The third-order valence-electron chi connectivity index (χ3n) is 6.64. The van der Waals surface area contributed by atoms with Crippen molar-refractivity contribution in [2.75, 3.05) is 19.6 Å². The molecule has 4 nitrogen and oxygen atoms in total. The molecule has 0 aliphatic carbocycles. The minimum atomic E-state index is -4.41. The predicted molar refractivity (Wildman–Crippen MR) is 117 cm³/mol. The molecule has 1 unspecified atom stereocenters. The van der Waals surface area contributed by atoms with E-state index in [1.165, 1.54) is 6.07 Å². The number of hydrogen-bond acceptors (Lipinski definition) is 3. The first-order valence-electron chi connectivity index (χ1n) is 10.9. The molecule has 4 heterocycles. The van der Waals surface area contributed by atoms with Crippen molar-refractivity contribution in [3.05, 3.63) is 65.7 Å². The second-order valence-electron chi connectivity index (χ2n) is 8.75. The average molecular weight is 439 g/mol. The molecule has 3 saturated heterocycles. The van der Waals surface area contributed by atoms with Gasteiger partial charge in [0, 0.05) is 23.5 Å². The Morgan fingerprint density at radius 3 is 2.56 bits per heavy atom. The van der Waals surface area contributed by atoms with Crippen molar-refractivity contribution in [3.8, 4) is 11.3 Å². The fourth-order valence-electron chi connectivity index (χ4n) is 4.93. The Balaban J connectivity index is 1.40. The predicted octanol–water partition coefficient (Wildman–Crippen LogP) is 4.67. The number of carbonyl (C=O) groups is 1. The molecule has 1 aromatic heterocycles. The summed E-state index contributed by atoms with van der Waals surface area (Å²) in [5, 5.41) is 4.06. The first-order valence-corrected chi connectivity index (χ1v) is 10.9. The summed E-state index contributed by atoms with van der Waals surface area (Å²) in [7, 11) is 0. The molecule has 0 spiro atoms. The average Bonchev–Trinajstić information content (AvgIpc) is 2.79. The molecule has 2 aromatic carbocycles. The number of nitrogens with zero attached hydrogens (tertiary/aromatic N) is 2. The van der Waals surface area contributed by atoms with Crippen molar-refractivity contribution in [1.29, 1.82) is 0 Å². The summed E-state index contributed by atoms with van der Waals surface area (Å²) < 4.78 is 39.4. The van der Waals surface area contributed by atoms with Gasteiger partial charge in [-0.1, -0.05) is 36.4 Å². The van der Waals surface area contributed by atoms with E-state index in [4.69, 9.17) is 0 Å². The maximum absolute atomic E-state index is 13.1. The van der Waals surface area contributed by atoms with E-state index >= 15 is 0 Å². The molecule has 1 N–H and O–H groups in total. The zero-order valence-corrected chi connectivity index (χ0v) is 17.5. The summed E-state index contributed by atoms with van der Waals surface area (Å²) >= 11 is 0. The maximum atomic E-state index is 13.1. The number of halogens is 3. The van der Waals surface area contributed by atoms with Crippen molar-refractivity contribution in [3.63, 3.8) is 0 Å². The lowest BCUT2D eigenvalue weighted by Crippen LogP contribution is -2.57. The molecule has 166 valence electrons. The summed E-state index contributed by atoms with van der Waals surface area (Å²) in [5.41, 5.74) is 1.56. The summed E-state index contributed by atoms with van der Waals surface area (Å²) in [5.74, 6) is 0.504. The van der Waals surface area contributed by atoms with Crippen LogP contribution in [0.4, 0.5) is 13.2 Å². The highest BCUT2D eigenvalue weighted by atomic mass is 19.4. The Labute approximate surface area is 184 Å². The molecule has 6 rings (SSSR count). The fraction of sp³-hybridized carbons (Fsp3) is 0.360. The highest BCUT2D eigenvalue weighted by Crippen LogP contribution is 2.32. The number of benzene rings is 2. The summed E-state index contributed by atoms with van der Waals surface area (Å²) in [6.07, 6.45) is -1.97. The third-order valence-corrected chi connectivity index (χ3v) is 6.64. The highest BCUT2D eigenvalue weighted by molar-refractivity contribution is 5.89. The number of amides is 1. The Kier molecular flexibility index (Phi) is 5.37. The van der Waals surface area contributed by atoms with Crippen molar-refractivity contribution in [1.82, 2.24) is 15.2 Å². The van der Waals surface area contributed by atoms with Crippen LogP contribution >= 0.6 is 0 Å². The van der Waals surface area contributed by atoms with Crippen LogP contribution in [-0.2, 0) is 17.4 Å². The second kappa shape index (κ2) is 8.20. The van der Waals surface area contributed by atoms with Crippen LogP contribution in [0.15, 0.2) is 54.6 Å². The number of rotatable bonds is 4. The van der Waals surface area contributed by atoms with Gasteiger partial charge in [0.25, 0.3) is 0 Å². The first-order chi connectivity index (χ1) is 15.4. The lowest BCUT2D eigenvalue weighted by atomic mass is 9.84. The molecule has 32 heavy (non-hydrogen) atoms. The van der Waals surface area contributed by atoms with Gasteiger partial charge in [-0.15, -0.1) is 0 Å². The van der Waals surface area contributed by atoms with Gasteiger partial charge in [0.1, 0.15) is 0 Å². The number of para-hydroxylation sites is 1. The van der Waals surface area contributed by atoms with E-state index in [9.17, 15) is 18.0 Å². The molecule has 7 heteroatoms. The number of piperidine rings is 3. The van der Waals surface area contributed by atoms with E-state index in [2.05, 4.69) is 15.2 Å². The van der Waals surface area contributed by atoms with Gasteiger partial charge in [0.05, 0.1) is 23.2 Å². The monoisotopic (exact) mass is 439 g/mol. The Morgan fingerprint density at radius 2 is 1.84 bits per heavy atom. The van der Waals surface area contributed by atoms with E-state index in [0.29, 0.717) is 22.7 Å². The fourth-order valence-corrected chi connectivity index (χ4v) is 4.93. The normalized spacial score (nSPS) is 22.8. The van der Waals surface area contributed by atoms with Gasteiger partial charge in [-0.2, -0.15) is 13.2 Å². The van der Waals surface area contributed by atoms with Crippen LogP contribution in [0.3, 0.4) is 0 Å². The third kappa shape index (κ3) is 4.21. The molecule has 1 amide bonds. The summed E-state index contributed by atoms with van der Waals surface area (Å²) in [6, 6.07) is 14.5. The molecule has 0 saturated carbocycles. The molecule has 2 bridgehead atoms. The van der Waals surface area contributed by atoms with E-state index in [1.807, 2.05) is 24.3 Å². The topological polar surface area (TPSA) is 45.2 Å². The maximum Gasteiger partial charge on any atom is 0.416 e. The summed E-state index contributed by atoms with van der Waals surface area (Å²) in [6.45, 7) is 3.13. The van der Waals surface area contributed by atoms with Crippen LogP contribution in [0, 0.1) is 5.92 Å². The van der Waals surface area contributed by atoms with Crippen LogP contribution in [-0.4, -0.2) is 41.5 Å². The number of nitrogens with one attached hydrogen (secondary N) is 1. The molecular weight excluding hydrogens is 415 g/mol. The molecule has 3 aliphatic rings. The molecule has 3 aromatic rings. The largest absolute Gasteiger partial charge is 0.416 e. The summed E-state index contributed by atoms with van der Waals surface area (Å²) in [4.78, 5) is 19.9. The Hall–Kier alpha value is -2.93. The van der Waals surface area contributed by atoms with Crippen LogP contribution in [0.5, 0.6) is 0 Å². The van der Waals surface area contributed by atoms with Gasteiger partial charge in [-0.05, 0) is 55.6 Å². The minimum Gasteiger partial charge on any atom is -0.352 e. The second-order valence-corrected chi connectivity index (χ2v) is 8.75. The van der Waals surface area contributed by atoms with Gasteiger partial charge in [0.15, 0.2) is 0 Å². The highest BCUT2D eigenvalue weighted by Gasteiger charge is 2.35. The van der Waals surface area contributed by atoms with Crippen LogP contribution in [0.1, 0.15) is 24.0 Å². The van der Waals surface area contributed by atoms with E-state index in [1.54, 1.807) is 12.1 Å². The smallest absolute Gasteiger partial charge is 0.352 e. The lowest BCUT2D eigenvalue weighted by molar-refractivity contribution is -0.137. The number of carbonyl (C=O) groups excluding carboxylic acids is 1. The zero-order valence-electron chi connectivity index (χ0n) is 17.5. The van der Waals surface area contributed by atoms with Gasteiger partial charge >= 0.3 is 6.18 Å². The zero-order chi connectivity index (χ0) is 22.3. The first kappa shape index (κ1) is 20.9. The van der Waals surface area contributed by atoms with E-state index in [0.717, 1.165) is 55.6 Å². The molecular formula is C25H24F3N3O. The van der Waals surface area contributed by atoms with E-state index < -0.39 is 11.7 Å². The van der Waals surface area contributed by atoms with Crippen molar-refractivity contribution in [2.45, 2.75) is 31.5 Å². The Morgan fingerprint density at radius 1 is 1.06 bits per heavy atom. The van der Waals surface area contributed by atoms with Crippen molar-refractivity contribution >= 4 is 16.8 Å². The SMILES string of the molecule is O=C(Cc1cccc2ccc(-c3cccc(C(F)(F)F)c3)nc12)NC1CN2CCC1CC2. The number of alkyl halides is 3. The number of hydrogen-bond donors (Lipinski definition) is 1. The minimum absolute atomic E-state index is 0.0393. The van der Waals surface area contributed by atoms with Gasteiger partial charge < -0.3 is 10.2 Å².